The summed E-state index contributed by atoms with van der Waals surface area (Å²) in [6.45, 7) is 1.62. The lowest BCUT2D eigenvalue weighted by atomic mass is 10.2. The fraction of sp³-hybridized carbons (Fsp3) is 0.300. The van der Waals surface area contributed by atoms with Crippen molar-refractivity contribution >= 4 is 46.5 Å². The van der Waals surface area contributed by atoms with Crippen LogP contribution in [0.2, 0.25) is 15.1 Å². The molecule has 1 rings (SSSR count). The van der Waals surface area contributed by atoms with Crippen LogP contribution in [0.1, 0.15) is 5.56 Å². The third-order valence-electron chi connectivity index (χ3n) is 2.15. The second-order valence-electron chi connectivity index (χ2n) is 3.62. The molecular weight excluding hydrogens is 286 g/mol. The standard InChI is InChI=1S/C10H11Cl3N2O2/c1-4-5(11)7(13)8(9(16)6(4)12)14-10(17)15(2)3/h16H,1-3H3,(H,14,17). The molecule has 0 aliphatic carbocycles. The van der Waals surface area contributed by atoms with Crippen LogP contribution in [-0.4, -0.2) is 30.1 Å². The van der Waals surface area contributed by atoms with Gasteiger partial charge in [-0.05, 0) is 12.5 Å². The molecule has 17 heavy (non-hydrogen) atoms. The van der Waals surface area contributed by atoms with Crippen molar-refractivity contribution < 1.29 is 9.90 Å². The van der Waals surface area contributed by atoms with Crippen molar-refractivity contribution in [1.82, 2.24) is 4.90 Å². The van der Waals surface area contributed by atoms with Gasteiger partial charge >= 0.3 is 6.03 Å². The van der Waals surface area contributed by atoms with E-state index in [-0.39, 0.29) is 26.5 Å². The van der Waals surface area contributed by atoms with Crippen LogP contribution < -0.4 is 5.32 Å². The molecular formula is C10H11Cl3N2O2. The third-order valence-corrected chi connectivity index (χ3v) is 3.56. The van der Waals surface area contributed by atoms with Crippen LogP contribution in [0.3, 0.4) is 0 Å². The second kappa shape index (κ2) is 5.21. The molecule has 0 saturated heterocycles. The van der Waals surface area contributed by atoms with Gasteiger partial charge in [0, 0.05) is 14.1 Å². The number of halogens is 3. The van der Waals surface area contributed by atoms with Crippen LogP contribution >= 0.6 is 34.8 Å². The van der Waals surface area contributed by atoms with Crippen molar-refractivity contribution in [2.24, 2.45) is 0 Å². The SMILES string of the molecule is Cc1c(Cl)c(O)c(NC(=O)N(C)C)c(Cl)c1Cl. The largest absolute Gasteiger partial charge is 0.504 e. The summed E-state index contributed by atoms with van der Waals surface area (Å²) in [5, 5.41) is 12.5. The summed E-state index contributed by atoms with van der Waals surface area (Å²) in [4.78, 5) is 12.8. The van der Waals surface area contributed by atoms with Gasteiger partial charge in [0.05, 0.1) is 15.1 Å². The lowest BCUT2D eigenvalue weighted by Crippen LogP contribution is -2.27. The molecule has 0 spiro atoms. The van der Waals surface area contributed by atoms with Crippen LogP contribution in [0.15, 0.2) is 0 Å². The van der Waals surface area contributed by atoms with Crippen LogP contribution in [0, 0.1) is 6.92 Å². The van der Waals surface area contributed by atoms with E-state index in [0.29, 0.717) is 5.56 Å². The van der Waals surface area contributed by atoms with E-state index in [1.807, 2.05) is 0 Å². The van der Waals surface area contributed by atoms with Crippen molar-refractivity contribution in [3.8, 4) is 5.75 Å². The number of phenolic OH excluding ortho intramolecular Hbond substituents is 1. The van der Waals surface area contributed by atoms with Crippen LogP contribution in [0.25, 0.3) is 0 Å². The van der Waals surface area contributed by atoms with Gasteiger partial charge in [-0.1, -0.05) is 34.8 Å². The Hall–Kier alpha value is -0.840. The number of phenols is 1. The Morgan fingerprint density at radius 1 is 1.18 bits per heavy atom. The van der Waals surface area contributed by atoms with Gasteiger partial charge in [-0.15, -0.1) is 0 Å². The maximum atomic E-state index is 11.5. The van der Waals surface area contributed by atoms with Gasteiger partial charge < -0.3 is 15.3 Å². The zero-order chi connectivity index (χ0) is 13.3. The number of amides is 2. The predicted molar refractivity (Wildman–Crippen MR) is 70.6 cm³/mol. The second-order valence-corrected chi connectivity index (χ2v) is 4.75. The highest BCUT2D eigenvalue weighted by atomic mass is 35.5. The lowest BCUT2D eigenvalue weighted by Gasteiger charge is -2.16. The summed E-state index contributed by atoms with van der Waals surface area (Å²) in [6, 6.07) is -0.446. The third kappa shape index (κ3) is 2.70. The van der Waals surface area contributed by atoms with E-state index in [0.717, 1.165) is 0 Å². The molecule has 1 aromatic carbocycles. The smallest absolute Gasteiger partial charge is 0.321 e. The molecule has 0 heterocycles. The number of nitrogens with one attached hydrogen (secondary N) is 1. The van der Waals surface area contributed by atoms with Crippen LogP contribution in [0.4, 0.5) is 10.5 Å². The van der Waals surface area contributed by atoms with Gasteiger partial charge in [-0.2, -0.15) is 0 Å². The van der Waals surface area contributed by atoms with Gasteiger partial charge in [-0.25, -0.2) is 4.79 Å². The maximum absolute atomic E-state index is 11.5. The summed E-state index contributed by atoms with van der Waals surface area (Å²) in [6.07, 6.45) is 0. The topological polar surface area (TPSA) is 52.6 Å². The van der Waals surface area contributed by atoms with Crippen molar-refractivity contribution in [3.05, 3.63) is 20.6 Å². The number of aromatic hydroxyl groups is 1. The Labute approximate surface area is 114 Å². The monoisotopic (exact) mass is 296 g/mol. The molecule has 0 radical (unpaired) electrons. The molecule has 0 unspecified atom stereocenters. The molecule has 2 N–H and O–H groups in total. The van der Waals surface area contributed by atoms with Gasteiger partial charge in [0.2, 0.25) is 0 Å². The number of carbonyl (C=O) groups is 1. The van der Waals surface area contributed by atoms with Crippen molar-refractivity contribution in [1.29, 1.82) is 0 Å². The van der Waals surface area contributed by atoms with Gasteiger partial charge in [0.15, 0.2) is 5.75 Å². The molecule has 0 fully saturated rings. The molecule has 0 bridgehead atoms. The molecule has 0 atom stereocenters. The van der Waals surface area contributed by atoms with Gasteiger partial charge in [0.25, 0.3) is 0 Å². The quantitative estimate of drug-likeness (QED) is 0.612. The number of rotatable bonds is 1. The zero-order valence-electron chi connectivity index (χ0n) is 9.44. The van der Waals surface area contributed by atoms with Crippen LogP contribution in [0.5, 0.6) is 5.75 Å². The van der Waals surface area contributed by atoms with Gasteiger partial charge in [-0.3, -0.25) is 0 Å². The van der Waals surface area contributed by atoms with Crippen molar-refractivity contribution in [3.63, 3.8) is 0 Å². The Morgan fingerprint density at radius 2 is 1.71 bits per heavy atom. The molecule has 0 aliphatic rings. The first kappa shape index (κ1) is 14.2. The molecule has 1 aromatic rings. The summed E-state index contributed by atoms with van der Waals surface area (Å²) >= 11 is 17.7. The Kier molecular flexibility index (Phi) is 4.36. The fourth-order valence-electron chi connectivity index (χ4n) is 1.09. The molecule has 0 aliphatic heterocycles. The fourth-order valence-corrected chi connectivity index (χ4v) is 1.80. The zero-order valence-corrected chi connectivity index (χ0v) is 11.7. The summed E-state index contributed by atoms with van der Waals surface area (Å²) < 4.78 is 0. The van der Waals surface area contributed by atoms with Gasteiger partial charge in [0.1, 0.15) is 5.69 Å². The summed E-state index contributed by atoms with van der Waals surface area (Å²) in [5.74, 6) is -0.297. The number of hydrogen-bond acceptors (Lipinski definition) is 2. The number of carbonyl (C=O) groups excluding carboxylic acids is 1. The number of nitrogens with zero attached hydrogens (tertiary/aromatic N) is 1. The molecule has 94 valence electrons. The van der Waals surface area contributed by atoms with E-state index in [1.165, 1.54) is 4.90 Å². The van der Waals surface area contributed by atoms with E-state index in [1.54, 1.807) is 21.0 Å². The van der Waals surface area contributed by atoms with Crippen molar-refractivity contribution in [2.45, 2.75) is 6.92 Å². The number of benzene rings is 1. The first-order chi connectivity index (χ1) is 7.77. The van der Waals surface area contributed by atoms with E-state index in [2.05, 4.69) is 5.32 Å². The average Bonchev–Trinajstić information content (AvgIpc) is 2.29. The minimum absolute atomic E-state index is 0.00552. The summed E-state index contributed by atoms with van der Waals surface area (Å²) in [5.41, 5.74) is 0.463. The maximum Gasteiger partial charge on any atom is 0.321 e. The van der Waals surface area contributed by atoms with Crippen molar-refractivity contribution in [2.75, 3.05) is 19.4 Å². The number of urea groups is 1. The molecule has 0 aromatic heterocycles. The molecule has 0 saturated carbocycles. The minimum Gasteiger partial charge on any atom is -0.504 e. The van der Waals surface area contributed by atoms with E-state index in [4.69, 9.17) is 34.8 Å². The Morgan fingerprint density at radius 3 is 2.18 bits per heavy atom. The number of hydrogen-bond donors (Lipinski definition) is 2. The Bertz CT molecular complexity index is 446. The predicted octanol–water partition coefficient (Wildman–Crippen LogP) is 3.75. The average molecular weight is 298 g/mol. The molecule has 2 amide bonds. The first-order valence-electron chi connectivity index (χ1n) is 4.61. The lowest BCUT2D eigenvalue weighted by molar-refractivity contribution is 0.230. The highest BCUT2D eigenvalue weighted by Gasteiger charge is 2.20. The minimum atomic E-state index is -0.446. The molecule has 7 heteroatoms. The highest BCUT2D eigenvalue weighted by Crippen LogP contribution is 2.45. The van der Waals surface area contributed by atoms with E-state index in [9.17, 15) is 9.90 Å². The van der Waals surface area contributed by atoms with Crippen LogP contribution in [-0.2, 0) is 0 Å². The Balaban J connectivity index is 3.30. The van der Waals surface area contributed by atoms with E-state index >= 15 is 0 Å². The number of anilines is 1. The highest BCUT2D eigenvalue weighted by molar-refractivity contribution is 6.46. The normalized spacial score (nSPS) is 10.2. The summed E-state index contributed by atoms with van der Waals surface area (Å²) in [7, 11) is 3.11. The molecule has 4 nitrogen and oxygen atoms in total. The van der Waals surface area contributed by atoms with E-state index < -0.39 is 6.03 Å². The first-order valence-corrected chi connectivity index (χ1v) is 5.75.